The van der Waals surface area contributed by atoms with Crippen LogP contribution in [0.4, 0.5) is 0 Å². The maximum Gasteiger partial charge on any atom is 0.224 e. The Hall–Kier alpha value is -2.60. The number of hydrogen-bond acceptors (Lipinski definition) is 5. The Bertz CT molecular complexity index is 733. The average Bonchev–Trinajstić information content (AvgIpc) is 2.66. The van der Waals surface area contributed by atoms with Gasteiger partial charge in [-0.2, -0.15) is 0 Å². The molecule has 0 aliphatic rings. The predicted molar refractivity (Wildman–Crippen MR) is 99.8 cm³/mol. The van der Waals surface area contributed by atoms with Gasteiger partial charge in [0, 0.05) is 10.6 Å². The predicted octanol–water partition coefficient (Wildman–Crippen LogP) is 3.10. The summed E-state index contributed by atoms with van der Waals surface area (Å²) in [7, 11) is 4.60. The number of hydrogen-bond donors (Lipinski definition) is 1. The minimum atomic E-state index is -0.143. The Labute approximate surface area is 158 Å². The number of amides is 1. The van der Waals surface area contributed by atoms with Crippen LogP contribution in [0.1, 0.15) is 5.56 Å². The minimum Gasteiger partial charge on any atom is -0.493 e. The highest BCUT2D eigenvalue weighted by Crippen LogP contribution is 2.39. The molecule has 0 bridgehead atoms. The minimum absolute atomic E-state index is 0.143. The Kier molecular flexibility index (Phi) is 7.41. The van der Waals surface area contributed by atoms with Gasteiger partial charge in [0.25, 0.3) is 0 Å². The van der Waals surface area contributed by atoms with E-state index in [1.807, 2.05) is 0 Å². The summed E-state index contributed by atoms with van der Waals surface area (Å²) in [6.45, 7) is 0.744. The van der Waals surface area contributed by atoms with Gasteiger partial charge in [-0.15, -0.1) is 0 Å². The van der Waals surface area contributed by atoms with Gasteiger partial charge in [0.15, 0.2) is 11.5 Å². The number of benzene rings is 2. The quantitative estimate of drug-likeness (QED) is 0.678. The van der Waals surface area contributed by atoms with Crippen LogP contribution in [-0.2, 0) is 11.2 Å². The molecule has 0 atom stereocenters. The first kappa shape index (κ1) is 19.7. The van der Waals surface area contributed by atoms with Crippen LogP contribution in [0.25, 0.3) is 0 Å². The van der Waals surface area contributed by atoms with Crippen LogP contribution in [0.3, 0.4) is 0 Å². The van der Waals surface area contributed by atoms with Gasteiger partial charge in [0.1, 0.15) is 12.4 Å². The Morgan fingerprint density at radius 2 is 1.65 bits per heavy atom. The zero-order valence-electron chi connectivity index (χ0n) is 15.0. The van der Waals surface area contributed by atoms with E-state index in [0.717, 1.165) is 0 Å². The SMILES string of the molecule is COc1ccc(CC(=O)NCCOc2ccc(Cl)cc2)c(OC)c1OC. The fourth-order valence-electron chi connectivity index (χ4n) is 2.43. The van der Waals surface area contributed by atoms with Gasteiger partial charge in [-0.25, -0.2) is 0 Å². The van der Waals surface area contributed by atoms with Crippen molar-refractivity contribution in [2.75, 3.05) is 34.5 Å². The van der Waals surface area contributed by atoms with E-state index in [1.54, 1.807) is 43.5 Å². The van der Waals surface area contributed by atoms with Gasteiger partial charge in [0.05, 0.1) is 34.3 Å². The summed E-state index contributed by atoms with van der Waals surface area (Å²) in [6.07, 6.45) is 0.157. The summed E-state index contributed by atoms with van der Waals surface area (Å²) in [5, 5.41) is 3.46. The van der Waals surface area contributed by atoms with Crippen LogP contribution < -0.4 is 24.3 Å². The van der Waals surface area contributed by atoms with E-state index in [-0.39, 0.29) is 12.3 Å². The molecule has 2 rings (SSSR count). The van der Waals surface area contributed by atoms with Crippen molar-refractivity contribution in [3.05, 3.63) is 47.0 Å². The largest absolute Gasteiger partial charge is 0.493 e. The summed E-state index contributed by atoms with van der Waals surface area (Å²) in [5.41, 5.74) is 0.710. The zero-order valence-corrected chi connectivity index (χ0v) is 15.8. The Morgan fingerprint density at radius 1 is 0.962 bits per heavy atom. The smallest absolute Gasteiger partial charge is 0.224 e. The molecular weight excluding hydrogens is 358 g/mol. The topological polar surface area (TPSA) is 66.0 Å². The van der Waals surface area contributed by atoms with Crippen molar-refractivity contribution in [2.24, 2.45) is 0 Å². The molecule has 0 heterocycles. The number of carbonyl (C=O) groups is 1. The molecule has 0 radical (unpaired) electrons. The van der Waals surface area contributed by atoms with E-state index in [4.69, 9.17) is 30.5 Å². The van der Waals surface area contributed by atoms with Gasteiger partial charge in [-0.1, -0.05) is 17.7 Å². The highest BCUT2D eigenvalue weighted by molar-refractivity contribution is 6.30. The second-order valence-corrected chi connectivity index (χ2v) is 5.76. The number of ether oxygens (including phenoxy) is 4. The third-order valence-corrected chi connectivity index (χ3v) is 3.90. The van der Waals surface area contributed by atoms with Crippen LogP contribution >= 0.6 is 11.6 Å². The number of halogens is 1. The van der Waals surface area contributed by atoms with Gasteiger partial charge in [-0.05, 0) is 30.3 Å². The monoisotopic (exact) mass is 379 g/mol. The first-order chi connectivity index (χ1) is 12.6. The normalized spacial score (nSPS) is 10.2. The van der Waals surface area contributed by atoms with Crippen molar-refractivity contribution < 1.29 is 23.7 Å². The van der Waals surface area contributed by atoms with Crippen LogP contribution in [0.5, 0.6) is 23.0 Å². The van der Waals surface area contributed by atoms with Crippen LogP contribution in [0.15, 0.2) is 36.4 Å². The Balaban J connectivity index is 1.88. The molecule has 1 N–H and O–H groups in total. The molecule has 0 aliphatic carbocycles. The first-order valence-corrected chi connectivity index (χ1v) is 8.39. The average molecular weight is 380 g/mol. The van der Waals surface area contributed by atoms with E-state index in [9.17, 15) is 4.79 Å². The highest BCUT2D eigenvalue weighted by atomic mass is 35.5. The summed E-state index contributed by atoms with van der Waals surface area (Å²) in [6, 6.07) is 10.6. The van der Waals surface area contributed by atoms with Crippen molar-refractivity contribution in [3.8, 4) is 23.0 Å². The lowest BCUT2D eigenvalue weighted by molar-refractivity contribution is -0.120. The molecule has 6 nitrogen and oxygen atoms in total. The Morgan fingerprint density at radius 3 is 2.27 bits per heavy atom. The van der Waals surface area contributed by atoms with Crippen molar-refractivity contribution >= 4 is 17.5 Å². The summed E-state index contributed by atoms with van der Waals surface area (Å²) >= 11 is 5.82. The number of rotatable bonds is 9. The maximum absolute atomic E-state index is 12.2. The summed E-state index contributed by atoms with van der Waals surface area (Å²) in [4.78, 5) is 12.2. The maximum atomic E-state index is 12.2. The lowest BCUT2D eigenvalue weighted by atomic mass is 10.1. The molecule has 140 valence electrons. The molecular formula is C19H22ClNO5. The molecule has 0 unspecified atom stereocenters. The molecule has 1 amide bonds. The second kappa shape index (κ2) is 9.77. The molecule has 0 saturated carbocycles. The zero-order chi connectivity index (χ0) is 18.9. The number of methoxy groups -OCH3 is 3. The fraction of sp³-hybridized carbons (Fsp3) is 0.316. The van der Waals surface area contributed by atoms with E-state index >= 15 is 0 Å². The van der Waals surface area contributed by atoms with Gasteiger partial charge in [-0.3, -0.25) is 4.79 Å². The van der Waals surface area contributed by atoms with E-state index in [2.05, 4.69) is 5.32 Å². The number of carbonyl (C=O) groups excluding carboxylic acids is 1. The molecule has 26 heavy (non-hydrogen) atoms. The van der Waals surface area contributed by atoms with Crippen molar-refractivity contribution in [1.29, 1.82) is 0 Å². The molecule has 0 spiro atoms. The molecule has 0 fully saturated rings. The van der Waals surface area contributed by atoms with Crippen molar-refractivity contribution in [3.63, 3.8) is 0 Å². The third kappa shape index (κ3) is 5.20. The van der Waals surface area contributed by atoms with Crippen LogP contribution in [0.2, 0.25) is 5.02 Å². The third-order valence-electron chi connectivity index (χ3n) is 3.64. The summed E-state index contributed by atoms with van der Waals surface area (Å²) < 4.78 is 21.5. The van der Waals surface area contributed by atoms with Crippen molar-refractivity contribution in [2.45, 2.75) is 6.42 Å². The van der Waals surface area contributed by atoms with E-state index < -0.39 is 0 Å². The number of nitrogens with one attached hydrogen (secondary N) is 1. The molecule has 0 aliphatic heterocycles. The van der Waals surface area contributed by atoms with Gasteiger partial charge < -0.3 is 24.3 Å². The lowest BCUT2D eigenvalue weighted by Crippen LogP contribution is -2.29. The van der Waals surface area contributed by atoms with Crippen LogP contribution in [-0.4, -0.2) is 40.4 Å². The van der Waals surface area contributed by atoms with Gasteiger partial charge >= 0.3 is 0 Å². The lowest BCUT2D eigenvalue weighted by Gasteiger charge is -2.15. The highest BCUT2D eigenvalue weighted by Gasteiger charge is 2.17. The fourth-order valence-corrected chi connectivity index (χ4v) is 2.55. The molecule has 7 heteroatoms. The van der Waals surface area contributed by atoms with Crippen molar-refractivity contribution in [1.82, 2.24) is 5.32 Å². The summed E-state index contributed by atoms with van der Waals surface area (Å²) in [5.74, 6) is 2.05. The molecule has 2 aromatic carbocycles. The van der Waals surface area contributed by atoms with Crippen LogP contribution in [0, 0.1) is 0 Å². The second-order valence-electron chi connectivity index (χ2n) is 5.32. The van der Waals surface area contributed by atoms with Gasteiger partial charge in [0.2, 0.25) is 11.7 Å². The first-order valence-electron chi connectivity index (χ1n) is 8.02. The molecule has 0 saturated heterocycles. The molecule has 2 aromatic rings. The van der Waals surface area contributed by atoms with E-state index in [1.165, 1.54) is 14.2 Å². The molecule has 0 aromatic heterocycles. The van der Waals surface area contributed by atoms with E-state index in [0.29, 0.717) is 46.7 Å². The standard InChI is InChI=1S/C19H22ClNO5/c1-23-16-9-4-13(18(24-2)19(16)25-3)12-17(22)21-10-11-26-15-7-5-14(20)6-8-15/h4-9H,10-12H2,1-3H3,(H,21,22).